The monoisotopic (exact) mass is 201 g/mol. The molecule has 0 amide bonds. The molecule has 0 aliphatic rings. The Morgan fingerprint density at radius 1 is 1.83 bits per heavy atom. The van der Waals surface area contributed by atoms with Crippen molar-refractivity contribution in [1.29, 1.82) is 0 Å². The summed E-state index contributed by atoms with van der Waals surface area (Å²) in [5.74, 6) is 0.943. The summed E-state index contributed by atoms with van der Waals surface area (Å²) in [7, 11) is 3.66. The number of hydrogen-bond donors (Lipinski definition) is 1. The number of aliphatic imine (C=N–C) groups is 1. The molecular formula is C7H11N3S2. The molecule has 0 unspecified atom stereocenters. The molecule has 0 saturated carbocycles. The fourth-order valence-electron chi connectivity index (χ4n) is 0.701. The molecular weight excluding hydrogens is 190 g/mol. The predicted molar refractivity (Wildman–Crippen MR) is 55.8 cm³/mol. The molecule has 1 aromatic rings. The van der Waals surface area contributed by atoms with Crippen molar-refractivity contribution in [3.8, 4) is 0 Å². The maximum atomic E-state index is 4.06. The minimum atomic E-state index is 0.943. The number of hydrogen-bond acceptors (Lipinski definition) is 4. The van der Waals surface area contributed by atoms with Gasteiger partial charge in [-0.3, -0.25) is 9.98 Å². The molecule has 0 aromatic carbocycles. The Morgan fingerprint density at radius 2 is 2.67 bits per heavy atom. The number of thiazole rings is 1. The van der Waals surface area contributed by atoms with Crippen LogP contribution in [-0.4, -0.2) is 24.2 Å². The van der Waals surface area contributed by atoms with Gasteiger partial charge < -0.3 is 5.32 Å². The van der Waals surface area contributed by atoms with Gasteiger partial charge in [0, 0.05) is 30.9 Å². The number of rotatable bonds is 2. The third-order valence-corrected chi connectivity index (χ3v) is 3.33. The second-order valence-corrected chi connectivity index (χ2v) is 3.97. The van der Waals surface area contributed by atoms with Crippen LogP contribution in [0.5, 0.6) is 0 Å². The van der Waals surface area contributed by atoms with Gasteiger partial charge in [0.15, 0.2) is 5.17 Å². The lowest BCUT2D eigenvalue weighted by Gasteiger charge is -2.01. The zero-order chi connectivity index (χ0) is 8.81. The van der Waals surface area contributed by atoms with Crippen molar-refractivity contribution in [2.75, 3.05) is 14.1 Å². The summed E-state index contributed by atoms with van der Waals surface area (Å²) in [4.78, 5) is 9.33. The van der Waals surface area contributed by atoms with Crippen LogP contribution in [0.2, 0.25) is 0 Å². The van der Waals surface area contributed by atoms with Crippen molar-refractivity contribution in [2.24, 2.45) is 4.99 Å². The normalized spacial score (nSPS) is 11.7. The summed E-state index contributed by atoms with van der Waals surface area (Å²) in [6, 6.07) is 0. The van der Waals surface area contributed by atoms with E-state index < -0.39 is 0 Å². The highest BCUT2D eigenvalue weighted by atomic mass is 32.2. The molecule has 0 spiro atoms. The number of amidine groups is 1. The van der Waals surface area contributed by atoms with E-state index in [9.17, 15) is 0 Å². The van der Waals surface area contributed by atoms with Gasteiger partial charge in [-0.25, -0.2) is 0 Å². The third kappa shape index (κ3) is 2.83. The average Bonchev–Trinajstić information content (AvgIpc) is 2.59. The first kappa shape index (κ1) is 9.54. The molecule has 0 atom stereocenters. The predicted octanol–water partition coefficient (Wildman–Crippen LogP) is 1.58. The second-order valence-electron chi connectivity index (χ2n) is 2.04. The summed E-state index contributed by atoms with van der Waals surface area (Å²) in [5.41, 5.74) is 1.85. The Hall–Kier alpha value is -0.550. The van der Waals surface area contributed by atoms with Crippen molar-refractivity contribution in [2.45, 2.75) is 5.75 Å². The molecule has 1 N–H and O–H groups in total. The number of nitrogens with one attached hydrogen (secondary N) is 1. The van der Waals surface area contributed by atoms with Gasteiger partial charge >= 0.3 is 0 Å². The maximum absolute atomic E-state index is 4.06. The summed E-state index contributed by atoms with van der Waals surface area (Å²) in [6.07, 6.45) is 1.89. The standard InChI is InChI=1S/C7H11N3S2/c1-8-7(9-2)11-4-6-3-10-5-12-6/h3,5H,4H2,1-2H3,(H,8,9). The van der Waals surface area contributed by atoms with Gasteiger partial charge in [-0.1, -0.05) is 11.8 Å². The molecule has 1 aromatic heterocycles. The summed E-state index contributed by atoms with van der Waals surface area (Å²) < 4.78 is 0. The average molecular weight is 201 g/mol. The second kappa shape index (κ2) is 5.16. The first-order chi connectivity index (χ1) is 5.86. The van der Waals surface area contributed by atoms with Gasteiger partial charge in [0.2, 0.25) is 0 Å². The van der Waals surface area contributed by atoms with Crippen LogP contribution < -0.4 is 5.32 Å². The lowest BCUT2D eigenvalue weighted by atomic mass is 10.6. The highest BCUT2D eigenvalue weighted by molar-refractivity contribution is 8.13. The lowest BCUT2D eigenvalue weighted by Crippen LogP contribution is -2.13. The molecule has 0 fully saturated rings. The Labute approximate surface area is 80.3 Å². The van der Waals surface area contributed by atoms with Crippen LogP contribution in [0.4, 0.5) is 0 Å². The van der Waals surface area contributed by atoms with Crippen LogP contribution >= 0.6 is 23.1 Å². The lowest BCUT2D eigenvalue weighted by molar-refractivity contribution is 1.18. The Bertz CT molecular complexity index is 243. The molecule has 0 aliphatic heterocycles. The van der Waals surface area contributed by atoms with Gasteiger partial charge in [0.1, 0.15) is 0 Å². The van der Waals surface area contributed by atoms with Gasteiger partial charge in [0.25, 0.3) is 0 Å². The summed E-state index contributed by atoms with van der Waals surface area (Å²) in [5, 5.41) is 3.97. The van der Waals surface area contributed by atoms with Crippen molar-refractivity contribution in [3.63, 3.8) is 0 Å². The summed E-state index contributed by atoms with van der Waals surface area (Å²) in [6.45, 7) is 0. The number of thioether (sulfide) groups is 1. The van der Waals surface area contributed by atoms with E-state index in [1.165, 1.54) is 4.88 Å². The van der Waals surface area contributed by atoms with Crippen LogP contribution in [-0.2, 0) is 5.75 Å². The van der Waals surface area contributed by atoms with Gasteiger partial charge in [-0.2, -0.15) is 0 Å². The van der Waals surface area contributed by atoms with E-state index in [4.69, 9.17) is 0 Å². The van der Waals surface area contributed by atoms with Crippen LogP contribution in [0.25, 0.3) is 0 Å². The molecule has 0 bridgehead atoms. The molecule has 3 nitrogen and oxygen atoms in total. The molecule has 1 rings (SSSR count). The zero-order valence-electron chi connectivity index (χ0n) is 7.07. The number of aromatic nitrogens is 1. The van der Waals surface area contributed by atoms with Crippen molar-refractivity contribution in [1.82, 2.24) is 10.3 Å². The van der Waals surface area contributed by atoms with E-state index in [0.29, 0.717) is 0 Å². The Balaban J connectivity index is 2.35. The van der Waals surface area contributed by atoms with E-state index in [0.717, 1.165) is 10.9 Å². The molecule has 0 saturated heterocycles. The van der Waals surface area contributed by atoms with Crippen LogP contribution in [0, 0.1) is 0 Å². The fourth-order valence-corrected chi connectivity index (χ4v) is 2.16. The maximum Gasteiger partial charge on any atom is 0.156 e. The Kier molecular flexibility index (Phi) is 4.10. The molecule has 1 heterocycles. The number of nitrogens with zero attached hydrogens (tertiary/aromatic N) is 2. The smallest absolute Gasteiger partial charge is 0.156 e. The van der Waals surface area contributed by atoms with E-state index in [1.54, 1.807) is 30.1 Å². The van der Waals surface area contributed by atoms with Crippen LogP contribution in [0.3, 0.4) is 0 Å². The van der Waals surface area contributed by atoms with Gasteiger partial charge in [-0.05, 0) is 0 Å². The van der Waals surface area contributed by atoms with Gasteiger partial charge in [-0.15, -0.1) is 11.3 Å². The SMILES string of the molecule is CN=C(NC)SCc1cncs1. The largest absolute Gasteiger partial charge is 0.368 e. The van der Waals surface area contributed by atoms with Crippen molar-refractivity contribution >= 4 is 28.3 Å². The van der Waals surface area contributed by atoms with E-state index in [2.05, 4.69) is 15.3 Å². The van der Waals surface area contributed by atoms with Gasteiger partial charge in [0.05, 0.1) is 5.51 Å². The summed E-state index contributed by atoms with van der Waals surface area (Å²) >= 11 is 3.36. The van der Waals surface area contributed by atoms with E-state index in [-0.39, 0.29) is 0 Å². The highest BCUT2D eigenvalue weighted by Gasteiger charge is 1.98. The molecule has 66 valence electrons. The molecule has 0 radical (unpaired) electrons. The first-order valence-electron chi connectivity index (χ1n) is 3.51. The van der Waals surface area contributed by atoms with E-state index >= 15 is 0 Å². The zero-order valence-corrected chi connectivity index (χ0v) is 8.71. The topological polar surface area (TPSA) is 37.3 Å². The van der Waals surface area contributed by atoms with Crippen LogP contribution in [0.15, 0.2) is 16.7 Å². The highest BCUT2D eigenvalue weighted by Crippen LogP contribution is 2.15. The van der Waals surface area contributed by atoms with Crippen molar-refractivity contribution in [3.05, 3.63) is 16.6 Å². The Morgan fingerprint density at radius 3 is 3.17 bits per heavy atom. The van der Waals surface area contributed by atoms with Crippen LogP contribution in [0.1, 0.15) is 4.88 Å². The first-order valence-corrected chi connectivity index (χ1v) is 5.38. The quantitative estimate of drug-likeness (QED) is 0.583. The fraction of sp³-hybridized carbons (Fsp3) is 0.429. The van der Waals surface area contributed by atoms with Crippen molar-refractivity contribution < 1.29 is 0 Å². The molecule has 5 heteroatoms. The van der Waals surface area contributed by atoms with E-state index in [1.807, 2.05) is 18.8 Å². The molecule has 12 heavy (non-hydrogen) atoms. The molecule has 0 aliphatic carbocycles. The minimum Gasteiger partial charge on any atom is -0.368 e. The minimum absolute atomic E-state index is 0.943. The third-order valence-electron chi connectivity index (χ3n) is 1.25.